The fourth-order valence-electron chi connectivity index (χ4n) is 1.92. The summed E-state index contributed by atoms with van der Waals surface area (Å²) in [6.45, 7) is 1.40. The van der Waals surface area contributed by atoms with Gasteiger partial charge in [-0.15, -0.1) is 0 Å². The largest absolute Gasteiger partial charge is 0.497 e. The van der Waals surface area contributed by atoms with Crippen LogP contribution in [0.15, 0.2) is 42.5 Å². The molecule has 2 aromatic carbocycles. The van der Waals surface area contributed by atoms with E-state index in [0.29, 0.717) is 13.1 Å². The van der Waals surface area contributed by atoms with E-state index in [9.17, 15) is 4.39 Å². The molecular weight excluding hydrogens is 271 g/mol. The standard InChI is InChI=1S/C16H19FN2O2/c1-20-14-7-8-16(21-2)15(11-14)19-10-9-18-13-5-3-12(17)4-6-13/h3-8,11,18-19H,9-10H2,1-2H3. The molecular formula is C16H19FN2O2. The lowest BCUT2D eigenvalue weighted by Gasteiger charge is -2.13. The summed E-state index contributed by atoms with van der Waals surface area (Å²) in [7, 11) is 3.26. The van der Waals surface area contributed by atoms with E-state index in [1.807, 2.05) is 18.2 Å². The number of hydrogen-bond donors (Lipinski definition) is 2. The summed E-state index contributed by atoms with van der Waals surface area (Å²) >= 11 is 0. The first-order valence-electron chi connectivity index (χ1n) is 6.68. The molecule has 0 unspecified atom stereocenters. The second-order valence-corrected chi connectivity index (χ2v) is 4.43. The Morgan fingerprint density at radius 2 is 1.62 bits per heavy atom. The highest BCUT2D eigenvalue weighted by molar-refractivity contribution is 5.59. The molecule has 5 heteroatoms. The maximum Gasteiger partial charge on any atom is 0.142 e. The Labute approximate surface area is 123 Å². The van der Waals surface area contributed by atoms with Crippen molar-refractivity contribution < 1.29 is 13.9 Å². The predicted octanol–water partition coefficient (Wildman–Crippen LogP) is 3.37. The highest BCUT2D eigenvalue weighted by Crippen LogP contribution is 2.28. The van der Waals surface area contributed by atoms with Gasteiger partial charge in [0.25, 0.3) is 0 Å². The van der Waals surface area contributed by atoms with Crippen LogP contribution in [0.3, 0.4) is 0 Å². The quantitative estimate of drug-likeness (QED) is 0.767. The van der Waals surface area contributed by atoms with Gasteiger partial charge in [0.2, 0.25) is 0 Å². The van der Waals surface area contributed by atoms with Gasteiger partial charge in [-0.05, 0) is 36.4 Å². The average Bonchev–Trinajstić information content (AvgIpc) is 2.53. The predicted molar refractivity (Wildman–Crippen MR) is 82.9 cm³/mol. The first-order chi connectivity index (χ1) is 10.2. The van der Waals surface area contributed by atoms with E-state index in [4.69, 9.17) is 9.47 Å². The summed E-state index contributed by atoms with van der Waals surface area (Å²) < 4.78 is 23.3. The Morgan fingerprint density at radius 1 is 0.905 bits per heavy atom. The van der Waals surface area contributed by atoms with Crippen LogP contribution in [-0.2, 0) is 0 Å². The van der Waals surface area contributed by atoms with Gasteiger partial charge >= 0.3 is 0 Å². The Morgan fingerprint density at radius 3 is 2.29 bits per heavy atom. The summed E-state index contributed by atoms with van der Waals surface area (Å²) in [5.74, 6) is 1.29. The number of rotatable bonds is 7. The molecule has 0 aromatic heterocycles. The lowest BCUT2D eigenvalue weighted by Crippen LogP contribution is -2.14. The average molecular weight is 290 g/mol. The van der Waals surface area contributed by atoms with Crippen LogP contribution in [0.1, 0.15) is 0 Å². The number of benzene rings is 2. The molecule has 0 heterocycles. The Bertz CT molecular complexity index is 573. The van der Waals surface area contributed by atoms with Crippen molar-refractivity contribution in [2.24, 2.45) is 0 Å². The highest BCUT2D eigenvalue weighted by atomic mass is 19.1. The summed E-state index contributed by atoms with van der Waals surface area (Å²) in [5.41, 5.74) is 1.76. The van der Waals surface area contributed by atoms with Gasteiger partial charge in [0.1, 0.15) is 17.3 Å². The highest BCUT2D eigenvalue weighted by Gasteiger charge is 2.04. The molecule has 0 radical (unpaired) electrons. The smallest absolute Gasteiger partial charge is 0.142 e. The van der Waals surface area contributed by atoms with Gasteiger partial charge in [-0.1, -0.05) is 0 Å². The Kier molecular flexibility index (Phi) is 5.26. The number of nitrogens with one attached hydrogen (secondary N) is 2. The van der Waals surface area contributed by atoms with E-state index < -0.39 is 0 Å². The zero-order chi connectivity index (χ0) is 15.1. The van der Waals surface area contributed by atoms with Crippen LogP contribution in [0.5, 0.6) is 11.5 Å². The van der Waals surface area contributed by atoms with Crippen molar-refractivity contribution in [1.29, 1.82) is 0 Å². The molecule has 0 spiro atoms. The number of methoxy groups -OCH3 is 2. The maximum absolute atomic E-state index is 12.8. The maximum atomic E-state index is 12.8. The van der Waals surface area contributed by atoms with Crippen molar-refractivity contribution in [2.75, 3.05) is 37.9 Å². The molecule has 4 nitrogen and oxygen atoms in total. The third-order valence-electron chi connectivity index (χ3n) is 3.02. The minimum atomic E-state index is -0.236. The van der Waals surface area contributed by atoms with Crippen LogP contribution in [0.25, 0.3) is 0 Å². The van der Waals surface area contributed by atoms with Crippen molar-refractivity contribution in [2.45, 2.75) is 0 Å². The first kappa shape index (κ1) is 15.0. The molecule has 0 saturated carbocycles. The molecule has 0 aliphatic heterocycles. The number of ether oxygens (including phenoxy) is 2. The molecule has 0 atom stereocenters. The van der Waals surface area contributed by atoms with Crippen molar-refractivity contribution in [3.8, 4) is 11.5 Å². The molecule has 21 heavy (non-hydrogen) atoms. The van der Waals surface area contributed by atoms with Crippen molar-refractivity contribution >= 4 is 11.4 Å². The van der Waals surface area contributed by atoms with Crippen molar-refractivity contribution in [3.05, 3.63) is 48.3 Å². The number of anilines is 2. The lowest BCUT2D eigenvalue weighted by atomic mass is 10.2. The third-order valence-corrected chi connectivity index (χ3v) is 3.02. The molecule has 2 rings (SSSR count). The van der Waals surface area contributed by atoms with Crippen LogP contribution >= 0.6 is 0 Å². The van der Waals surface area contributed by atoms with Crippen molar-refractivity contribution in [3.63, 3.8) is 0 Å². The summed E-state index contributed by atoms with van der Waals surface area (Å²) in [6.07, 6.45) is 0. The van der Waals surface area contributed by atoms with Crippen LogP contribution in [-0.4, -0.2) is 27.3 Å². The molecule has 0 aliphatic carbocycles. The minimum absolute atomic E-state index is 0.236. The second-order valence-electron chi connectivity index (χ2n) is 4.43. The van der Waals surface area contributed by atoms with Crippen LogP contribution < -0.4 is 20.1 Å². The van der Waals surface area contributed by atoms with Gasteiger partial charge in [0.15, 0.2) is 0 Å². The summed E-state index contributed by atoms with van der Waals surface area (Å²) in [4.78, 5) is 0. The second kappa shape index (κ2) is 7.38. The molecule has 0 saturated heterocycles. The van der Waals surface area contributed by atoms with Crippen molar-refractivity contribution in [1.82, 2.24) is 0 Å². The van der Waals surface area contributed by atoms with E-state index in [0.717, 1.165) is 22.9 Å². The zero-order valence-corrected chi connectivity index (χ0v) is 12.2. The van der Waals surface area contributed by atoms with Gasteiger partial charge in [0, 0.05) is 24.8 Å². The summed E-state index contributed by atoms with van der Waals surface area (Å²) in [6, 6.07) is 11.9. The van der Waals surface area contributed by atoms with Gasteiger partial charge in [-0.3, -0.25) is 0 Å². The van der Waals surface area contributed by atoms with E-state index in [1.54, 1.807) is 26.4 Å². The molecule has 0 amide bonds. The van der Waals surface area contributed by atoms with Crippen LogP contribution in [0.2, 0.25) is 0 Å². The van der Waals surface area contributed by atoms with Gasteiger partial charge in [0.05, 0.1) is 19.9 Å². The Balaban J connectivity index is 1.86. The van der Waals surface area contributed by atoms with E-state index >= 15 is 0 Å². The van der Waals surface area contributed by atoms with Gasteiger partial charge < -0.3 is 20.1 Å². The molecule has 0 bridgehead atoms. The van der Waals surface area contributed by atoms with Crippen LogP contribution in [0, 0.1) is 5.82 Å². The van der Waals surface area contributed by atoms with Gasteiger partial charge in [-0.2, -0.15) is 0 Å². The molecule has 112 valence electrons. The lowest BCUT2D eigenvalue weighted by molar-refractivity contribution is 0.404. The van der Waals surface area contributed by atoms with E-state index in [2.05, 4.69) is 10.6 Å². The fourth-order valence-corrected chi connectivity index (χ4v) is 1.92. The SMILES string of the molecule is COc1ccc(OC)c(NCCNc2ccc(F)cc2)c1. The minimum Gasteiger partial charge on any atom is -0.497 e. The molecule has 2 aromatic rings. The van der Waals surface area contributed by atoms with E-state index in [1.165, 1.54) is 12.1 Å². The normalized spacial score (nSPS) is 10.0. The third kappa shape index (κ3) is 4.27. The monoisotopic (exact) mass is 290 g/mol. The van der Waals surface area contributed by atoms with E-state index in [-0.39, 0.29) is 5.82 Å². The topological polar surface area (TPSA) is 42.5 Å². The zero-order valence-electron chi connectivity index (χ0n) is 12.2. The molecule has 0 aliphatic rings. The molecule has 0 fully saturated rings. The number of halogens is 1. The fraction of sp³-hybridized carbons (Fsp3) is 0.250. The molecule has 2 N–H and O–H groups in total. The first-order valence-corrected chi connectivity index (χ1v) is 6.68. The summed E-state index contributed by atoms with van der Waals surface area (Å²) in [5, 5.41) is 6.49. The number of hydrogen-bond acceptors (Lipinski definition) is 4. The van der Waals surface area contributed by atoms with Gasteiger partial charge in [-0.25, -0.2) is 4.39 Å². The Hall–Kier alpha value is -2.43. The van der Waals surface area contributed by atoms with Crippen LogP contribution in [0.4, 0.5) is 15.8 Å².